The number of H-pyrrole nitrogens is 1. The summed E-state index contributed by atoms with van der Waals surface area (Å²) in [5.41, 5.74) is 10.1. The summed E-state index contributed by atoms with van der Waals surface area (Å²) in [5, 5.41) is 17.1. The van der Waals surface area contributed by atoms with Crippen LogP contribution < -0.4 is 5.73 Å². The minimum atomic E-state index is -1.09. The van der Waals surface area contributed by atoms with Gasteiger partial charge in [0.25, 0.3) is 0 Å². The minimum Gasteiger partial charge on any atom is -0.444 e. The maximum absolute atomic E-state index is 12.5. The van der Waals surface area contributed by atoms with Crippen molar-refractivity contribution in [3.8, 4) is 22.4 Å². The fraction of sp³-hybridized carbons (Fsp3) is 0.370. The molecule has 4 heterocycles. The van der Waals surface area contributed by atoms with Gasteiger partial charge in [0, 0.05) is 60.4 Å². The number of nitrogens with two attached hydrogens (primary N) is 1. The first-order valence-electron chi connectivity index (χ1n) is 12.1. The van der Waals surface area contributed by atoms with Crippen LogP contribution in [0, 0.1) is 0 Å². The number of rotatable bonds is 3. The van der Waals surface area contributed by atoms with E-state index in [4.69, 9.17) is 15.6 Å². The summed E-state index contributed by atoms with van der Waals surface area (Å²) in [6.07, 6.45) is 4.20. The van der Waals surface area contributed by atoms with Crippen LogP contribution in [0.15, 0.2) is 48.8 Å². The Labute approximate surface area is 209 Å². The van der Waals surface area contributed by atoms with Crippen molar-refractivity contribution in [3.63, 3.8) is 0 Å². The van der Waals surface area contributed by atoms with Crippen LogP contribution in [-0.2, 0) is 17.4 Å². The van der Waals surface area contributed by atoms with Gasteiger partial charge in [-0.05, 0) is 63.4 Å². The number of benzene rings is 1. The highest BCUT2D eigenvalue weighted by molar-refractivity contribution is 5.97. The number of nitrogens with one attached hydrogen (secondary N) is 1. The molecule has 1 amide bonds. The van der Waals surface area contributed by atoms with Gasteiger partial charge in [0.15, 0.2) is 0 Å². The van der Waals surface area contributed by atoms with Crippen molar-refractivity contribution in [2.45, 2.75) is 44.8 Å². The maximum atomic E-state index is 12.5. The van der Waals surface area contributed by atoms with Crippen LogP contribution in [0.5, 0.6) is 0 Å². The molecule has 4 N–H and O–H groups in total. The van der Waals surface area contributed by atoms with Gasteiger partial charge in [-0.3, -0.25) is 4.68 Å². The number of aromatic nitrogens is 4. The van der Waals surface area contributed by atoms with E-state index in [1.54, 1.807) is 15.8 Å². The van der Waals surface area contributed by atoms with Crippen molar-refractivity contribution in [1.29, 1.82) is 0 Å². The van der Waals surface area contributed by atoms with Gasteiger partial charge in [-0.25, -0.2) is 9.78 Å². The number of aliphatic hydroxyl groups is 1. The second-order valence-electron chi connectivity index (χ2n) is 10.5. The number of pyridine rings is 1. The second kappa shape index (κ2) is 8.67. The van der Waals surface area contributed by atoms with Crippen LogP contribution in [0.2, 0.25) is 0 Å². The van der Waals surface area contributed by atoms with Crippen molar-refractivity contribution < 1.29 is 14.6 Å². The number of likely N-dealkylation sites (tertiary alicyclic amines) is 1. The first-order chi connectivity index (χ1) is 17.0. The van der Waals surface area contributed by atoms with E-state index in [-0.39, 0.29) is 6.09 Å². The summed E-state index contributed by atoms with van der Waals surface area (Å²) >= 11 is 0. The summed E-state index contributed by atoms with van der Waals surface area (Å²) in [4.78, 5) is 22.0. The molecule has 0 saturated carbocycles. The van der Waals surface area contributed by atoms with E-state index in [1.807, 2.05) is 70.4 Å². The lowest BCUT2D eigenvalue weighted by Gasteiger charge is -2.38. The third-order valence-corrected chi connectivity index (χ3v) is 6.58. The zero-order chi connectivity index (χ0) is 25.7. The van der Waals surface area contributed by atoms with Crippen molar-refractivity contribution >= 4 is 22.8 Å². The van der Waals surface area contributed by atoms with Crippen LogP contribution in [0.25, 0.3) is 33.4 Å². The number of nitrogens with zero attached hydrogens (tertiary/aromatic N) is 4. The molecular weight excluding hydrogens is 456 g/mol. The number of carbonyl (C=O) groups is 1. The van der Waals surface area contributed by atoms with Crippen LogP contribution in [0.3, 0.4) is 0 Å². The molecule has 4 aromatic rings. The van der Waals surface area contributed by atoms with E-state index < -0.39 is 11.2 Å². The molecule has 3 aromatic heterocycles. The monoisotopic (exact) mass is 488 g/mol. The number of aryl methyl sites for hydroxylation is 1. The van der Waals surface area contributed by atoms with Gasteiger partial charge < -0.3 is 25.5 Å². The zero-order valence-corrected chi connectivity index (χ0v) is 21.1. The quantitative estimate of drug-likeness (QED) is 0.367. The lowest BCUT2D eigenvalue weighted by molar-refractivity contribution is -0.0377. The normalized spacial score (nSPS) is 15.9. The SMILES string of the molecule is Cn1cc(-c2ccnc3[nH]c(C4(O)CCN(C(=O)OC(C)(C)C)CC4)cc23)c(-c2ccc(N)cc2)n1. The molecule has 9 nitrogen and oxygen atoms in total. The third-order valence-electron chi connectivity index (χ3n) is 6.58. The third kappa shape index (κ3) is 4.54. The molecule has 9 heteroatoms. The summed E-state index contributed by atoms with van der Waals surface area (Å²) in [7, 11) is 1.90. The number of hydrogen-bond donors (Lipinski definition) is 3. The number of amides is 1. The standard InChI is InChI=1S/C27H32N6O3/c1-26(2,3)36-25(34)33-13-10-27(35,11-14-33)22-15-20-19(9-12-29-24(20)30-22)21-16-32(4)31-23(21)17-5-7-18(28)8-6-17/h5-9,12,15-16,35H,10-11,13-14,28H2,1-4H3,(H,29,30). The highest BCUT2D eigenvalue weighted by Crippen LogP contribution is 2.39. The van der Waals surface area contributed by atoms with Gasteiger partial charge in [-0.2, -0.15) is 5.10 Å². The number of aromatic amines is 1. The Kier molecular flexibility index (Phi) is 5.75. The molecule has 36 heavy (non-hydrogen) atoms. The molecule has 0 atom stereocenters. The summed E-state index contributed by atoms with van der Waals surface area (Å²) in [6.45, 7) is 6.36. The summed E-state index contributed by atoms with van der Waals surface area (Å²) in [6, 6.07) is 11.6. The van der Waals surface area contributed by atoms with E-state index in [1.165, 1.54) is 0 Å². The highest BCUT2D eigenvalue weighted by atomic mass is 16.6. The highest BCUT2D eigenvalue weighted by Gasteiger charge is 2.38. The van der Waals surface area contributed by atoms with Crippen molar-refractivity contribution in [3.05, 3.63) is 54.5 Å². The largest absolute Gasteiger partial charge is 0.444 e. The molecule has 0 spiro atoms. The Morgan fingerprint density at radius 3 is 2.50 bits per heavy atom. The summed E-state index contributed by atoms with van der Waals surface area (Å²) < 4.78 is 7.29. The van der Waals surface area contributed by atoms with Crippen LogP contribution in [0.4, 0.5) is 10.5 Å². The average molecular weight is 489 g/mol. The fourth-order valence-corrected chi connectivity index (χ4v) is 4.71. The average Bonchev–Trinajstić information content (AvgIpc) is 3.43. The van der Waals surface area contributed by atoms with Crippen LogP contribution in [0.1, 0.15) is 39.3 Å². The second-order valence-corrected chi connectivity index (χ2v) is 10.5. The Hall–Kier alpha value is -3.85. The van der Waals surface area contributed by atoms with Gasteiger partial charge in [-0.1, -0.05) is 12.1 Å². The Bertz CT molecular complexity index is 1410. The van der Waals surface area contributed by atoms with Crippen molar-refractivity contribution in [1.82, 2.24) is 24.6 Å². The molecule has 1 aliphatic rings. The topological polar surface area (TPSA) is 122 Å². The molecule has 1 aromatic carbocycles. The molecule has 0 aliphatic carbocycles. The van der Waals surface area contributed by atoms with Crippen molar-refractivity contribution in [2.75, 3.05) is 18.8 Å². The first kappa shape index (κ1) is 23.9. The number of anilines is 1. The van der Waals surface area contributed by atoms with E-state index in [9.17, 15) is 9.90 Å². The van der Waals surface area contributed by atoms with Gasteiger partial charge in [0.2, 0.25) is 0 Å². The molecular formula is C27H32N6O3. The molecule has 5 rings (SSSR count). The van der Waals surface area contributed by atoms with Crippen molar-refractivity contribution in [2.24, 2.45) is 7.05 Å². The Morgan fingerprint density at radius 2 is 1.83 bits per heavy atom. The van der Waals surface area contributed by atoms with Gasteiger partial charge in [0.1, 0.15) is 22.5 Å². The maximum Gasteiger partial charge on any atom is 0.410 e. The Balaban J connectivity index is 1.46. The number of ether oxygens (including phenoxy) is 1. The first-order valence-corrected chi connectivity index (χ1v) is 12.1. The number of carbonyl (C=O) groups excluding carboxylic acids is 1. The number of piperidine rings is 1. The zero-order valence-electron chi connectivity index (χ0n) is 21.1. The van der Waals surface area contributed by atoms with E-state index in [0.717, 1.165) is 27.8 Å². The number of fused-ring (bicyclic) bond motifs is 1. The molecule has 0 unspecified atom stereocenters. The van der Waals surface area contributed by atoms with E-state index in [2.05, 4.69) is 9.97 Å². The number of hydrogen-bond acceptors (Lipinski definition) is 6. The Morgan fingerprint density at radius 1 is 1.14 bits per heavy atom. The predicted octanol–water partition coefficient (Wildman–Crippen LogP) is 4.43. The van der Waals surface area contributed by atoms with Gasteiger partial charge >= 0.3 is 6.09 Å². The fourth-order valence-electron chi connectivity index (χ4n) is 4.71. The van der Waals surface area contributed by atoms with Crippen LogP contribution in [-0.4, -0.2) is 54.5 Å². The van der Waals surface area contributed by atoms with E-state index >= 15 is 0 Å². The lowest BCUT2D eigenvalue weighted by Crippen LogP contribution is -2.46. The molecule has 1 fully saturated rings. The lowest BCUT2D eigenvalue weighted by atomic mass is 9.88. The molecule has 1 saturated heterocycles. The smallest absolute Gasteiger partial charge is 0.410 e. The molecule has 0 bridgehead atoms. The minimum absolute atomic E-state index is 0.350. The molecule has 188 valence electrons. The predicted molar refractivity (Wildman–Crippen MR) is 139 cm³/mol. The number of nitrogen functional groups attached to an aromatic ring is 1. The summed E-state index contributed by atoms with van der Waals surface area (Å²) in [5.74, 6) is 0. The van der Waals surface area contributed by atoms with Crippen LogP contribution >= 0.6 is 0 Å². The molecule has 1 aliphatic heterocycles. The van der Waals surface area contributed by atoms with Gasteiger partial charge in [-0.15, -0.1) is 0 Å². The molecule has 0 radical (unpaired) electrons. The van der Waals surface area contributed by atoms with E-state index in [0.29, 0.717) is 43.0 Å². The van der Waals surface area contributed by atoms with Gasteiger partial charge in [0.05, 0.1) is 0 Å².